The highest BCUT2D eigenvalue weighted by atomic mass is 32.2. The SMILES string of the molecule is CCc1cc(-c2ccc(NS(=O)[O-])nc2OC)cc2cnc(NC3CCC(N(C)C)CC3)nc12. The van der Waals surface area contributed by atoms with E-state index in [1.807, 2.05) is 12.3 Å². The summed E-state index contributed by atoms with van der Waals surface area (Å²) < 4.78 is 29.6. The van der Waals surface area contributed by atoms with Gasteiger partial charge in [-0.05, 0) is 81.6 Å². The average molecular weight is 484 g/mol. The Kier molecular flexibility index (Phi) is 7.60. The van der Waals surface area contributed by atoms with Crippen LogP contribution < -0.4 is 14.8 Å². The van der Waals surface area contributed by atoms with E-state index >= 15 is 0 Å². The molecule has 1 aromatic carbocycles. The Bertz CT molecular complexity index is 1180. The number of fused-ring (bicyclic) bond motifs is 1. The molecule has 0 saturated heterocycles. The van der Waals surface area contributed by atoms with Crippen LogP contribution in [0.4, 0.5) is 11.8 Å². The molecule has 1 unspecified atom stereocenters. The molecule has 9 nitrogen and oxygen atoms in total. The Morgan fingerprint density at radius 2 is 1.94 bits per heavy atom. The van der Waals surface area contributed by atoms with E-state index in [-0.39, 0.29) is 5.82 Å². The zero-order valence-electron chi connectivity index (χ0n) is 20.0. The molecular weight excluding hydrogens is 452 g/mol. The summed E-state index contributed by atoms with van der Waals surface area (Å²) in [5.74, 6) is 1.21. The van der Waals surface area contributed by atoms with Crippen molar-refractivity contribution in [1.82, 2.24) is 19.9 Å². The summed E-state index contributed by atoms with van der Waals surface area (Å²) in [6, 6.07) is 8.54. The number of methoxy groups -OCH3 is 1. The number of nitrogens with zero attached hydrogens (tertiary/aromatic N) is 4. The third kappa shape index (κ3) is 5.45. The normalized spacial score (nSPS) is 19.2. The van der Waals surface area contributed by atoms with Gasteiger partial charge in [0.25, 0.3) is 0 Å². The molecule has 1 aliphatic rings. The van der Waals surface area contributed by atoms with E-state index in [2.05, 4.69) is 52.0 Å². The molecule has 182 valence electrons. The molecule has 1 atom stereocenters. The molecule has 0 amide bonds. The highest BCUT2D eigenvalue weighted by molar-refractivity contribution is 7.80. The highest BCUT2D eigenvalue weighted by Gasteiger charge is 2.23. The first-order valence-electron chi connectivity index (χ1n) is 11.5. The third-order valence-electron chi connectivity index (χ3n) is 6.46. The van der Waals surface area contributed by atoms with E-state index in [1.165, 1.54) is 20.0 Å². The quantitative estimate of drug-likeness (QED) is 0.466. The summed E-state index contributed by atoms with van der Waals surface area (Å²) in [6.07, 6.45) is 7.24. The van der Waals surface area contributed by atoms with Gasteiger partial charge in [0.1, 0.15) is 5.82 Å². The van der Waals surface area contributed by atoms with Crippen LogP contribution in [-0.4, -0.2) is 61.9 Å². The number of aromatic nitrogens is 3. The summed E-state index contributed by atoms with van der Waals surface area (Å²) in [4.78, 5) is 16.0. The van der Waals surface area contributed by atoms with Gasteiger partial charge in [-0.25, -0.2) is 9.97 Å². The van der Waals surface area contributed by atoms with Crippen LogP contribution in [-0.2, 0) is 17.7 Å². The molecule has 1 saturated carbocycles. The highest BCUT2D eigenvalue weighted by Crippen LogP contribution is 2.34. The van der Waals surface area contributed by atoms with Gasteiger partial charge in [0, 0.05) is 40.5 Å². The number of pyridine rings is 1. The Morgan fingerprint density at radius 3 is 2.59 bits per heavy atom. The summed E-state index contributed by atoms with van der Waals surface area (Å²) >= 11 is -2.45. The van der Waals surface area contributed by atoms with Crippen molar-refractivity contribution in [2.24, 2.45) is 0 Å². The van der Waals surface area contributed by atoms with Crippen molar-refractivity contribution in [3.63, 3.8) is 0 Å². The van der Waals surface area contributed by atoms with Gasteiger partial charge in [-0.15, -0.1) is 0 Å². The van der Waals surface area contributed by atoms with Crippen molar-refractivity contribution >= 4 is 33.9 Å². The first kappa shape index (κ1) is 24.3. The van der Waals surface area contributed by atoms with Gasteiger partial charge in [-0.2, -0.15) is 4.98 Å². The minimum atomic E-state index is -2.45. The lowest BCUT2D eigenvalue weighted by Crippen LogP contribution is -2.36. The molecule has 0 radical (unpaired) electrons. The topological polar surface area (TPSA) is 115 Å². The van der Waals surface area contributed by atoms with Crippen molar-refractivity contribution in [1.29, 1.82) is 0 Å². The maximum atomic E-state index is 10.9. The van der Waals surface area contributed by atoms with Crippen molar-refractivity contribution in [2.75, 3.05) is 31.2 Å². The molecular formula is C24H31N6O3S-. The van der Waals surface area contributed by atoms with Crippen molar-refractivity contribution in [3.05, 3.63) is 36.0 Å². The van der Waals surface area contributed by atoms with Crippen LogP contribution in [0.15, 0.2) is 30.5 Å². The lowest BCUT2D eigenvalue weighted by atomic mass is 9.90. The Hall–Kier alpha value is -2.82. The minimum absolute atomic E-state index is 0.198. The van der Waals surface area contributed by atoms with E-state index in [0.29, 0.717) is 23.9 Å². The molecule has 0 bridgehead atoms. The molecule has 34 heavy (non-hydrogen) atoms. The molecule has 1 fully saturated rings. The van der Waals surface area contributed by atoms with Crippen LogP contribution in [0.25, 0.3) is 22.0 Å². The zero-order chi connectivity index (χ0) is 24.2. The maximum absolute atomic E-state index is 10.9. The Labute approximate surface area is 202 Å². The second-order valence-corrected chi connectivity index (χ2v) is 9.50. The number of hydrogen-bond donors (Lipinski definition) is 2. The molecule has 0 spiro atoms. The fraction of sp³-hybridized carbons (Fsp3) is 0.458. The number of hydrogen-bond acceptors (Lipinski definition) is 8. The van der Waals surface area contributed by atoms with Crippen molar-refractivity contribution in [3.8, 4) is 17.0 Å². The van der Waals surface area contributed by atoms with E-state index in [4.69, 9.17) is 9.72 Å². The van der Waals surface area contributed by atoms with Crippen molar-refractivity contribution in [2.45, 2.75) is 51.1 Å². The molecule has 10 heteroatoms. The fourth-order valence-electron chi connectivity index (χ4n) is 4.59. The van der Waals surface area contributed by atoms with Crippen LogP contribution >= 0.6 is 0 Å². The lowest BCUT2D eigenvalue weighted by Gasteiger charge is -2.32. The second-order valence-electron chi connectivity index (χ2n) is 8.82. The molecule has 4 rings (SSSR count). The predicted octanol–water partition coefficient (Wildman–Crippen LogP) is 3.75. The number of anilines is 2. The number of rotatable bonds is 8. The van der Waals surface area contributed by atoms with Gasteiger partial charge in [-0.1, -0.05) is 6.92 Å². The summed E-state index contributed by atoms with van der Waals surface area (Å²) in [6.45, 7) is 2.10. The summed E-state index contributed by atoms with van der Waals surface area (Å²) in [5, 5.41) is 4.47. The molecule has 2 N–H and O–H groups in total. The van der Waals surface area contributed by atoms with Gasteiger partial charge < -0.3 is 24.2 Å². The molecule has 2 heterocycles. The summed E-state index contributed by atoms with van der Waals surface area (Å²) in [5.41, 5.74) is 3.70. The Morgan fingerprint density at radius 1 is 1.18 bits per heavy atom. The molecule has 1 aliphatic carbocycles. The van der Waals surface area contributed by atoms with Crippen LogP contribution in [0.3, 0.4) is 0 Å². The minimum Gasteiger partial charge on any atom is -0.755 e. The van der Waals surface area contributed by atoms with Crippen LogP contribution in [0, 0.1) is 0 Å². The van der Waals surface area contributed by atoms with Gasteiger partial charge in [0.15, 0.2) is 0 Å². The Balaban J connectivity index is 1.61. The average Bonchev–Trinajstić information content (AvgIpc) is 2.83. The largest absolute Gasteiger partial charge is 0.755 e. The predicted molar refractivity (Wildman–Crippen MR) is 135 cm³/mol. The lowest BCUT2D eigenvalue weighted by molar-refractivity contribution is 0.221. The fourth-order valence-corrected chi connectivity index (χ4v) is 4.88. The second kappa shape index (κ2) is 10.6. The third-order valence-corrected chi connectivity index (χ3v) is 6.83. The standard InChI is InChI=1S/C24H32N6O3S/c1-5-15-12-16(20-10-11-21(29-34(31)32)27-23(20)33-4)13-17-14-25-24(28-22(15)17)26-18-6-8-19(9-7-18)30(2)3/h10-14,18-19H,5-9H2,1-4H3,(H,27,29)(H,31,32)(H,25,26,28)/p-1. The number of ether oxygens (including phenoxy) is 1. The van der Waals surface area contributed by atoms with Crippen LogP contribution in [0.2, 0.25) is 0 Å². The van der Waals surface area contributed by atoms with E-state index < -0.39 is 11.3 Å². The molecule has 2 aromatic heterocycles. The number of nitrogens with one attached hydrogen (secondary N) is 2. The smallest absolute Gasteiger partial charge is 0.223 e. The maximum Gasteiger partial charge on any atom is 0.223 e. The molecule has 3 aromatic rings. The van der Waals surface area contributed by atoms with Crippen LogP contribution in [0.5, 0.6) is 5.88 Å². The van der Waals surface area contributed by atoms with Gasteiger partial charge in [0.2, 0.25) is 11.8 Å². The number of benzene rings is 1. The van der Waals surface area contributed by atoms with Crippen molar-refractivity contribution < 1.29 is 13.5 Å². The first-order valence-corrected chi connectivity index (χ1v) is 12.6. The first-order chi connectivity index (χ1) is 16.4. The molecule has 0 aliphatic heterocycles. The zero-order valence-corrected chi connectivity index (χ0v) is 20.8. The van der Waals surface area contributed by atoms with E-state index in [1.54, 1.807) is 12.1 Å². The van der Waals surface area contributed by atoms with Gasteiger partial charge in [-0.3, -0.25) is 4.21 Å². The summed E-state index contributed by atoms with van der Waals surface area (Å²) in [7, 11) is 5.81. The van der Waals surface area contributed by atoms with E-state index in [0.717, 1.165) is 46.9 Å². The van der Waals surface area contributed by atoms with Gasteiger partial charge >= 0.3 is 0 Å². The number of aryl methyl sites for hydroxylation is 1. The van der Waals surface area contributed by atoms with E-state index in [9.17, 15) is 8.76 Å². The van der Waals surface area contributed by atoms with Gasteiger partial charge in [0.05, 0.1) is 12.6 Å². The monoisotopic (exact) mass is 483 g/mol. The van der Waals surface area contributed by atoms with Crippen LogP contribution in [0.1, 0.15) is 38.2 Å².